The highest BCUT2D eigenvalue weighted by Gasteiger charge is 2.02. The normalized spacial score (nSPS) is 10.8. The highest BCUT2D eigenvalue weighted by atomic mass is 16.6. The number of hydrogen-bond acceptors (Lipinski definition) is 6. The van der Waals surface area contributed by atoms with Crippen LogP contribution in [-0.4, -0.2) is 65.9 Å². The molecule has 0 rings (SSSR count). The van der Waals surface area contributed by atoms with Crippen LogP contribution in [0.25, 0.3) is 0 Å². The number of hydrogen-bond donors (Lipinski definition) is 0. The number of carbonyl (C=O) groups excluding carboxylic acids is 1. The van der Waals surface area contributed by atoms with Gasteiger partial charge in [-0.15, -0.1) is 0 Å². The molecule has 0 aromatic carbocycles. The van der Waals surface area contributed by atoms with Crippen LogP contribution in [0.2, 0.25) is 0 Å². The zero-order valence-corrected chi connectivity index (χ0v) is 14.1. The first kappa shape index (κ1) is 21.3. The number of rotatable bonds is 17. The summed E-state index contributed by atoms with van der Waals surface area (Å²) in [5.74, 6) is -0.135. The Kier molecular flexibility index (Phi) is 17.8. The lowest BCUT2D eigenvalue weighted by atomic mass is 10.3. The molecule has 0 N–H and O–H groups in total. The van der Waals surface area contributed by atoms with Crippen molar-refractivity contribution in [1.82, 2.24) is 0 Å². The van der Waals surface area contributed by atoms with Crippen LogP contribution in [-0.2, 0) is 28.5 Å². The molecule has 0 amide bonds. The van der Waals surface area contributed by atoms with Gasteiger partial charge in [-0.05, 0) is 12.8 Å². The molecule has 0 saturated heterocycles. The smallest absolute Gasteiger partial charge is 0.305 e. The molecule has 0 atom stereocenters. The third-order valence-corrected chi connectivity index (χ3v) is 2.86. The molecule has 6 nitrogen and oxygen atoms in total. The summed E-state index contributed by atoms with van der Waals surface area (Å²) < 4.78 is 25.9. The van der Waals surface area contributed by atoms with Crippen LogP contribution in [0.4, 0.5) is 0 Å². The van der Waals surface area contributed by atoms with E-state index in [1.54, 1.807) is 7.11 Å². The highest BCUT2D eigenvalue weighted by Crippen LogP contribution is 1.98. The molecule has 0 fully saturated rings. The van der Waals surface area contributed by atoms with Gasteiger partial charge in [-0.2, -0.15) is 0 Å². The lowest BCUT2D eigenvalue weighted by Gasteiger charge is -2.07. The van der Waals surface area contributed by atoms with Crippen molar-refractivity contribution in [3.05, 3.63) is 0 Å². The zero-order chi connectivity index (χ0) is 16.3. The van der Waals surface area contributed by atoms with Crippen molar-refractivity contribution < 1.29 is 28.5 Å². The second-order valence-electron chi connectivity index (χ2n) is 4.86. The van der Waals surface area contributed by atoms with Gasteiger partial charge in [-0.3, -0.25) is 4.79 Å². The fraction of sp³-hybridized carbons (Fsp3) is 0.938. The average Bonchev–Trinajstić information content (AvgIpc) is 2.52. The minimum Gasteiger partial charge on any atom is -0.466 e. The Bertz CT molecular complexity index is 235. The lowest BCUT2D eigenvalue weighted by Crippen LogP contribution is -2.12. The van der Waals surface area contributed by atoms with Gasteiger partial charge >= 0.3 is 5.97 Å². The van der Waals surface area contributed by atoms with E-state index in [1.165, 1.54) is 0 Å². The van der Waals surface area contributed by atoms with E-state index in [0.717, 1.165) is 19.3 Å². The largest absolute Gasteiger partial charge is 0.466 e. The molecule has 0 bridgehead atoms. The van der Waals surface area contributed by atoms with Crippen molar-refractivity contribution in [2.75, 3.05) is 60.0 Å². The summed E-state index contributed by atoms with van der Waals surface area (Å²) in [6.45, 7) is 6.58. The third-order valence-electron chi connectivity index (χ3n) is 2.86. The fourth-order valence-corrected chi connectivity index (χ4v) is 1.61. The molecule has 0 aliphatic carbocycles. The van der Waals surface area contributed by atoms with Gasteiger partial charge in [-0.1, -0.05) is 19.8 Å². The molecule has 0 unspecified atom stereocenters. The second-order valence-corrected chi connectivity index (χ2v) is 4.86. The van der Waals surface area contributed by atoms with Crippen molar-refractivity contribution in [3.63, 3.8) is 0 Å². The van der Waals surface area contributed by atoms with Crippen LogP contribution in [0.5, 0.6) is 0 Å². The zero-order valence-electron chi connectivity index (χ0n) is 14.1. The molecule has 0 aromatic rings. The van der Waals surface area contributed by atoms with Crippen LogP contribution < -0.4 is 0 Å². The Morgan fingerprint density at radius 2 is 1.32 bits per heavy atom. The van der Waals surface area contributed by atoms with Crippen molar-refractivity contribution in [1.29, 1.82) is 0 Å². The quantitative estimate of drug-likeness (QED) is 0.302. The first-order chi connectivity index (χ1) is 10.8. The molecule has 22 heavy (non-hydrogen) atoms. The van der Waals surface area contributed by atoms with E-state index < -0.39 is 0 Å². The molecule has 0 aliphatic heterocycles. The number of carbonyl (C=O) groups is 1. The van der Waals surface area contributed by atoms with Gasteiger partial charge in [0.25, 0.3) is 0 Å². The summed E-state index contributed by atoms with van der Waals surface area (Å²) in [5.41, 5.74) is 0. The first-order valence-corrected chi connectivity index (χ1v) is 8.19. The number of methoxy groups -OCH3 is 1. The maximum Gasteiger partial charge on any atom is 0.305 e. The molecule has 0 spiro atoms. The van der Waals surface area contributed by atoms with Gasteiger partial charge < -0.3 is 23.7 Å². The van der Waals surface area contributed by atoms with E-state index in [-0.39, 0.29) is 5.97 Å². The Balaban J connectivity index is 3.08. The van der Waals surface area contributed by atoms with Crippen molar-refractivity contribution in [2.24, 2.45) is 0 Å². The predicted octanol–water partition coefficient (Wildman–Crippen LogP) is 2.20. The standard InChI is InChI=1S/C16H32O6/c1-3-4-5-9-22-16(17)7-6-8-19-12-13-21-15-14-20-11-10-18-2/h3-15H2,1-2H3. The minimum atomic E-state index is -0.135. The third kappa shape index (κ3) is 17.4. The van der Waals surface area contributed by atoms with E-state index in [9.17, 15) is 4.79 Å². The number of unbranched alkanes of at least 4 members (excludes halogenated alkanes) is 2. The monoisotopic (exact) mass is 320 g/mol. The molecule has 0 saturated carbocycles. The summed E-state index contributed by atoms with van der Waals surface area (Å²) in [6.07, 6.45) is 4.29. The van der Waals surface area contributed by atoms with Gasteiger partial charge in [0, 0.05) is 20.1 Å². The summed E-state index contributed by atoms with van der Waals surface area (Å²) in [5, 5.41) is 0. The van der Waals surface area contributed by atoms with E-state index in [2.05, 4.69) is 6.92 Å². The Morgan fingerprint density at radius 1 is 0.727 bits per heavy atom. The van der Waals surface area contributed by atoms with Gasteiger partial charge in [0.2, 0.25) is 0 Å². The summed E-state index contributed by atoms with van der Waals surface area (Å²) in [7, 11) is 1.64. The minimum absolute atomic E-state index is 0.135. The maximum atomic E-state index is 11.4. The molecule has 0 aliphatic rings. The van der Waals surface area contributed by atoms with Gasteiger partial charge in [-0.25, -0.2) is 0 Å². The number of esters is 1. The fourth-order valence-electron chi connectivity index (χ4n) is 1.61. The average molecular weight is 320 g/mol. The Morgan fingerprint density at radius 3 is 1.91 bits per heavy atom. The summed E-state index contributed by atoms with van der Waals surface area (Å²) >= 11 is 0. The topological polar surface area (TPSA) is 63.2 Å². The van der Waals surface area contributed by atoms with E-state index in [4.69, 9.17) is 23.7 Å². The SMILES string of the molecule is CCCCCOC(=O)CCCOCCOCCOCCOC. The van der Waals surface area contributed by atoms with E-state index >= 15 is 0 Å². The van der Waals surface area contributed by atoms with Gasteiger partial charge in [0.15, 0.2) is 0 Å². The predicted molar refractivity (Wildman–Crippen MR) is 84.1 cm³/mol. The van der Waals surface area contributed by atoms with Crippen LogP contribution >= 0.6 is 0 Å². The Hall–Kier alpha value is -0.690. The lowest BCUT2D eigenvalue weighted by molar-refractivity contribution is -0.144. The Labute approximate surface area is 134 Å². The molecule has 0 radical (unpaired) electrons. The molecule has 6 heteroatoms. The van der Waals surface area contributed by atoms with Crippen molar-refractivity contribution in [2.45, 2.75) is 39.0 Å². The molecular formula is C16H32O6. The maximum absolute atomic E-state index is 11.4. The number of ether oxygens (including phenoxy) is 5. The summed E-state index contributed by atoms with van der Waals surface area (Å²) in [4.78, 5) is 11.4. The van der Waals surface area contributed by atoms with E-state index in [1.807, 2.05) is 0 Å². The van der Waals surface area contributed by atoms with Crippen LogP contribution in [0.1, 0.15) is 39.0 Å². The highest BCUT2D eigenvalue weighted by molar-refractivity contribution is 5.69. The van der Waals surface area contributed by atoms with Crippen LogP contribution in [0.3, 0.4) is 0 Å². The van der Waals surface area contributed by atoms with Gasteiger partial charge in [0.05, 0.1) is 46.2 Å². The van der Waals surface area contributed by atoms with E-state index in [0.29, 0.717) is 65.7 Å². The second kappa shape index (κ2) is 18.4. The molecular weight excluding hydrogens is 288 g/mol. The molecule has 0 aromatic heterocycles. The first-order valence-electron chi connectivity index (χ1n) is 8.19. The van der Waals surface area contributed by atoms with Crippen LogP contribution in [0.15, 0.2) is 0 Å². The van der Waals surface area contributed by atoms with Crippen molar-refractivity contribution >= 4 is 5.97 Å². The van der Waals surface area contributed by atoms with Crippen molar-refractivity contribution in [3.8, 4) is 0 Å². The van der Waals surface area contributed by atoms with Gasteiger partial charge in [0.1, 0.15) is 0 Å². The van der Waals surface area contributed by atoms with Crippen LogP contribution in [0, 0.1) is 0 Å². The molecule has 132 valence electrons. The summed E-state index contributed by atoms with van der Waals surface area (Å²) in [6, 6.07) is 0. The molecule has 0 heterocycles.